The van der Waals surface area contributed by atoms with Crippen molar-refractivity contribution in [3.05, 3.63) is 59.7 Å². The fraction of sp³-hybridized carbons (Fsp3) is 0.391. The van der Waals surface area contributed by atoms with Crippen LogP contribution in [0.3, 0.4) is 0 Å². The number of amides is 2. The number of nitrogens with one attached hydrogen (secondary N) is 2. The summed E-state index contributed by atoms with van der Waals surface area (Å²) in [4.78, 5) is 24.7. The van der Waals surface area contributed by atoms with Crippen LogP contribution in [0.5, 0.6) is 5.75 Å². The Morgan fingerprint density at radius 1 is 1.00 bits per heavy atom. The molecule has 6 heteroatoms. The van der Waals surface area contributed by atoms with Crippen molar-refractivity contribution in [2.45, 2.75) is 32.6 Å². The van der Waals surface area contributed by atoms with Gasteiger partial charge in [0.25, 0.3) is 11.8 Å². The van der Waals surface area contributed by atoms with Crippen LogP contribution in [0.15, 0.2) is 48.5 Å². The Kier molecular flexibility index (Phi) is 8.21. The molecule has 0 unspecified atom stereocenters. The van der Waals surface area contributed by atoms with Gasteiger partial charge in [-0.3, -0.25) is 9.59 Å². The molecule has 156 valence electrons. The second-order valence-corrected chi connectivity index (χ2v) is 7.76. The Balaban J connectivity index is 1.91. The molecule has 0 spiro atoms. The molecule has 0 heterocycles. The smallest absolute Gasteiger partial charge is 0.262 e. The predicted molar refractivity (Wildman–Crippen MR) is 115 cm³/mol. The van der Waals surface area contributed by atoms with Gasteiger partial charge in [0.2, 0.25) is 0 Å². The number of carbonyl (C=O) groups excluding carboxylic acids is 2. The van der Waals surface area contributed by atoms with Crippen molar-refractivity contribution < 1.29 is 19.1 Å². The fourth-order valence-corrected chi connectivity index (χ4v) is 2.69. The van der Waals surface area contributed by atoms with Crippen LogP contribution in [0.2, 0.25) is 0 Å². The summed E-state index contributed by atoms with van der Waals surface area (Å²) in [5.74, 6) is 0.0533. The average molecular weight is 399 g/mol. The molecule has 0 saturated heterocycles. The molecule has 0 saturated carbocycles. The number of ether oxygens (including phenoxy) is 2. The van der Waals surface area contributed by atoms with Gasteiger partial charge < -0.3 is 20.1 Å². The lowest BCUT2D eigenvalue weighted by atomic mass is 9.87. The molecule has 2 amide bonds. The molecule has 0 aliphatic carbocycles. The van der Waals surface area contributed by atoms with Gasteiger partial charge in [-0.05, 0) is 41.7 Å². The number of rotatable bonds is 9. The van der Waals surface area contributed by atoms with Gasteiger partial charge in [-0.2, -0.15) is 0 Å². The molecule has 29 heavy (non-hydrogen) atoms. The molecule has 6 nitrogen and oxygen atoms in total. The zero-order valence-electron chi connectivity index (χ0n) is 17.6. The largest absolute Gasteiger partial charge is 0.484 e. The maximum atomic E-state index is 12.4. The number of anilines is 1. The molecule has 0 radical (unpaired) electrons. The number of carbonyl (C=O) groups is 2. The van der Waals surface area contributed by atoms with E-state index in [1.165, 1.54) is 5.56 Å². The fourth-order valence-electron chi connectivity index (χ4n) is 2.69. The van der Waals surface area contributed by atoms with E-state index in [9.17, 15) is 9.59 Å². The molecule has 2 aromatic carbocycles. The van der Waals surface area contributed by atoms with Crippen molar-refractivity contribution in [3.63, 3.8) is 0 Å². The van der Waals surface area contributed by atoms with Gasteiger partial charge in [-0.15, -0.1) is 0 Å². The first-order chi connectivity index (χ1) is 13.8. The van der Waals surface area contributed by atoms with E-state index in [1.807, 2.05) is 24.3 Å². The van der Waals surface area contributed by atoms with E-state index in [0.717, 1.165) is 6.42 Å². The van der Waals surface area contributed by atoms with Crippen LogP contribution in [-0.4, -0.2) is 38.7 Å². The molecular formula is C23H30N2O4. The second kappa shape index (κ2) is 10.6. The molecular weight excluding hydrogens is 368 g/mol. The van der Waals surface area contributed by atoms with E-state index in [4.69, 9.17) is 9.47 Å². The van der Waals surface area contributed by atoms with Crippen molar-refractivity contribution >= 4 is 17.5 Å². The summed E-state index contributed by atoms with van der Waals surface area (Å²) in [7, 11) is 1.62. The number of hydrogen-bond donors (Lipinski definition) is 2. The molecule has 0 aliphatic rings. The number of hydrogen-bond acceptors (Lipinski definition) is 4. The summed E-state index contributed by atoms with van der Waals surface area (Å²) in [5.41, 5.74) is 2.12. The zero-order valence-corrected chi connectivity index (χ0v) is 17.6. The third-order valence-corrected chi connectivity index (χ3v) is 4.35. The second-order valence-electron chi connectivity index (χ2n) is 7.76. The van der Waals surface area contributed by atoms with Crippen LogP contribution in [0.4, 0.5) is 5.69 Å². The summed E-state index contributed by atoms with van der Waals surface area (Å²) in [5, 5.41) is 5.57. The average Bonchev–Trinajstić information content (AvgIpc) is 2.69. The van der Waals surface area contributed by atoms with Crippen molar-refractivity contribution in [3.8, 4) is 5.75 Å². The zero-order chi connectivity index (χ0) is 21.3. The topological polar surface area (TPSA) is 76.7 Å². The van der Waals surface area contributed by atoms with E-state index in [1.54, 1.807) is 31.4 Å². The maximum Gasteiger partial charge on any atom is 0.262 e. The van der Waals surface area contributed by atoms with E-state index in [2.05, 4.69) is 31.4 Å². The lowest BCUT2D eigenvalue weighted by Crippen LogP contribution is -2.27. The highest BCUT2D eigenvalue weighted by Crippen LogP contribution is 2.24. The Morgan fingerprint density at radius 3 is 2.34 bits per heavy atom. The van der Waals surface area contributed by atoms with Gasteiger partial charge in [0, 0.05) is 20.3 Å². The Bertz CT molecular complexity index is 810. The third-order valence-electron chi connectivity index (χ3n) is 4.35. The van der Waals surface area contributed by atoms with Gasteiger partial charge in [-0.1, -0.05) is 45.0 Å². The van der Waals surface area contributed by atoms with Crippen LogP contribution in [0, 0.1) is 0 Å². The Hall–Kier alpha value is -2.86. The molecule has 0 fully saturated rings. The summed E-state index contributed by atoms with van der Waals surface area (Å²) in [6, 6.07) is 14.6. The molecule has 0 bridgehead atoms. The minimum absolute atomic E-state index is 0.0593. The molecule has 2 aromatic rings. The Labute approximate surface area is 172 Å². The van der Waals surface area contributed by atoms with Gasteiger partial charge in [0.05, 0.1) is 11.3 Å². The first-order valence-electron chi connectivity index (χ1n) is 9.70. The standard InChI is InChI=1S/C23H30N2O4/c1-23(2,3)17-10-12-18(13-11-17)29-16-21(26)25-20-9-6-5-8-19(20)22(27)24-14-7-15-28-4/h5-6,8-13H,7,14-16H2,1-4H3,(H,24,27)(H,25,26). The first kappa shape index (κ1) is 22.4. The summed E-state index contributed by atoms with van der Waals surface area (Å²) < 4.78 is 10.5. The van der Waals surface area contributed by atoms with E-state index < -0.39 is 0 Å². The maximum absolute atomic E-state index is 12.4. The van der Waals surface area contributed by atoms with Crippen molar-refractivity contribution in [2.75, 3.05) is 32.2 Å². The first-order valence-corrected chi connectivity index (χ1v) is 9.70. The SMILES string of the molecule is COCCCNC(=O)c1ccccc1NC(=O)COc1ccc(C(C)(C)C)cc1. The highest BCUT2D eigenvalue weighted by molar-refractivity contribution is 6.04. The lowest BCUT2D eigenvalue weighted by Gasteiger charge is -2.19. The van der Waals surface area contributed by atoms with E-state index >= 15 is 0 Å². The summed E-state index contributed by atoms with van der Waals surface area (Å²) in [6.45, 7) is 7.36. The van der Waals surface area contributed by atoms with Crippen molar-refractivity contribution in [1.82, 2.24) is 5.32 Å². The highest BCUT2D eigenvalue weighted by Gasteiger charge is 2.15. The number of para-hydroxylation sites is 1. The van der Waals surface area contributed by atoms with Crippen LogP contribution >= 0.6 is 0 Å². The van der Waals surface area contributed by atoms with Crippen LogP contribution < -0.4 is 15.4 Å². The van der Waals surface area contributed by atoms with E-state index in [0.29, 0.717) is 30.2 Å². The van der Waals surface area contributed by atoms with Gasteiger partial charge in [0.15, 0.2) is 6.61 Å². The third kappa shape index (κ3) is 7.23. The minimum Gasteiger partial charge on any atom is -0.484 e. The van der Waals surface area contributed by atoms with Crippen molar-refractivity contribution in [2.24, 2.45) is 0 Å². The normalized spacial score (nSPS) is 11.0. The summed E-state index contributed by atoms with van der Waals surface area (Å²) in [6.07, 6.45) is 0.721. The monoisotopic (exact) mass is 398 g/mol. The Morgan fingerprint density at radius 2 is 1.69 bits per heavy atom. The molecule has 0 aliphatic heterocycles. The summed E-state index contributed by atoms with van der Waals surface area (Å²) >= 11 is 0. The quantitative estimate of drug-likeness (QED) is 0.631. The predicted octanol–water partition coefficient (Wildman–Crippen LogP) is 3.77. The van der Waals surface area contributed by atoms with Crippen LogP contribution in [-0.2, 0) is 14.9 Å². The lowest BCUT2D eigenvalue weighted by molar-refractivity contribution is -0.118. The molecule has 0 aromatic heterocycles. The van der Waals surface area contributed by atoms with E-state index in [-0.39, 0.29) is 23.8 Å². The van der Waals surface area contributed by atoms with Crippen LogP contribution in [0.25, 0.3) is 0 Å². The molecule has 2 N–H and O–H groups in total. The number of benzene rings is 2. The van der Waals surface area contributed by atoms with Gasteiger partial charge in [-0.25, -0.2) is 0 Å². The number of methoxy groups -OCH3 is 1. The van der Waals surface area contributed by atoms with Crippen LogP contribution in [0.1, 0.15) is 43.1 Å². The highest BCUT2D eigenvalue weighted by atomic mass is 16.5. The minimum atomic E-state index is -0.329. The van der Waals surface area contributed by atoms with Crippen molar-refractivity contribution in [1.29, 1.82) is 0 Å². The molecule has 0 atom stereocenters. The van der Waals surface area contributed by atoms with Gasteiger partial charge in [0.1, 0.15) is 5.75 Å². The van der Waals surface area contributed by atoms with Gasteiger partial charge >= 0.3 is 0 Å². The molecule has 2 rings (SSSR count).